The summed E-state index contributed by atoms with van der Waals surface area (Å²) in [7, 11) is 0. The predicted octanol–water partition coefficient (Wildman–Crippen LogP) is 7.71. The van der Waals surface area contributed by atoms with Crippen LogP contribution >= 0.6 is 0 Å². The minimum atomic E-state index is 0.666. The number of aromatic nitrogens is 2. The second kappa shape index (κ2) is 11.4. The smallest absolute Gasteiger partial charge is 0.247 e. The minimum Gasteiger partial charge on any atom is -0.421 e. The third kappa shape index (κ3) is 6.18. The van der Waals surface area contributed by atoms with E-state index in [0.29, 0.717) is 5.89 Å². The molecule has 1 fully saturated rings. The molecule has 154 valence electrons. The molecule has 1 aromatic carbocycles. The van der Waals surface area contributed by atoms with Crippen LogP contribution in [0.3, 0.4) is 0 Å². The van der Waals surface area contributed by atoms with E-state index < -0.39 is 0 Å². The molecule has 28 heavy (non-hydrogen) atoms. The maximum absolute atomic E-state index is 5.90. The molecule has 0 aliphatic heterocycles. The molecule has 0 atom stereocenters. The summed E-state index contributed by atoms with van der Waals surface area (Å²) in [5.74, 6) is 3.14. The van der Waals surface area contributed by atoms with Crippen LogP contribution in [-0.2, 0) is 6.42 Å². The zero-order valence-electron chi connectivity index (χ0n) is 18.0. The normalized spacial score (nSPS) is 19.8. The molecule has 0 unspecified atom stereocenters. The summed E-state index contributed by atoms with van der Waals surface area (Å²) in [6.07, 6.45) is 16.8. The molecule has 1 aliphatic carbocycles. The van der Waals surface area contributed by atoms with Crippen LogP contribution in [0.2, 0.25) is 0 Å². The Morgan fingerprint density at radius 2 is 1.54 bits per heavy atom. The van der Waals surface area contributed by atoms with Gasteiger partial charge in [-0.2, -0.15) is 0 Å². The Morgan fingerprint density at radius 3 is 2.25 bits per heavy atom. The minimum absolute atomic E-state index is 0.666. The van der Waals surface area contributed by atoms with E-state index in [0.717, 1.165) is 36.1 Å². The fraction of sp³-hybridized carbons (Fsp3) is 0.680. The predicted molar refractivity (Wildman–Crippen MR) is 116 cm³/mol. The first-order valence-corrected chi connectivity index (χ1v) is 11.7. The topological polar surface area (TPSA) is 38.9 Å². The van der Waals surface area contributed by atoms with Crippen molar-refractivity contribution in [3.8, 4) is 11.5 Å². The lowest BCUT2D eigenvalue weighted by Gasteiger charge is -2.28. The summed E-state index contributed by atoms with van der Waals surface area (Å²) >= 11 is 0. The quantitative estimate of drug-likeness (QED) is 0.373. The molecule has 3 rings (SSSR count). The Balaban J connectivity index is 1.47. The van der Waals surface area contributed by atoms with Crippen molar-refractivity contribution >= 4 is 0 Å². The summed E-state index contributed by atoms with van der Waals surface area (Å²) in [5, 5.41) is 8.52. The van der Waals surface area contributed by atoms with Crippen LogP contribution in [0.25, 0.3) is 11.5 Å². The van der Waals surface area contributed by atoms with Gasteiger partial charge in [0.05, 0.1) is 0 Å². The van der Waals surface area contributed by atoms with Gasteiger partial charge in [-0.25, -0.2) is 0 Å². The highest BCUT2D eigenvalue weighted by atomic mass is 16.4. The molecule has 0 spiro atoms. The van der Waals surface area contributed by atoms with Crippen molar-refractivity contribution in [1.29, 1.82) is 0 Å². The van der Waals surface area contributed by atoms with E-state index in [1.165, 1.54) is 76.2 Å². The SMILES string of the molecule is CCCCCCCCc1nnc(-c2ccc(C3CCC(CCC)CC3)cc2)o1. The lowest BCUT2D eigenvalue weighted by atomic mass is 9.77. The average molecular weight is 383 g/mol. The van der Waals surface area contributed by atoms with Crippen LogP contribution in [0.1, 0.15) is 108 Å². The monoisotopic (exact) mass is 382 g/mol. The van der Waals surface area contributed by atoms with E-state index in [4.69, 9.17) is 4.42 Å². The van der Waals surface area contributed by atoms with Crippen molar-refractivity contribution in [2.75, 3.05) is 0 Å². The van der Waals surface area contributed by atoms with Gasteiger partial charge in [0.15, 0.2) is 0 Å². The van der Waals surface area contributed by atoms with Crippen LogP contribution in [0.15, 0.2) is 28.7 Å². The molecule has 0 radical (unpaired) electrons. The number of nitrogens with zero attached hydrogens (tertiary/aromatic N) is 2. The molecule has 1 aliphatic rings. The first-order chi connectivity index (χ1) is 13.8. The van der Waals surface area contributed by atoms with Gasteiger partial charge >= 0.3 is 0 Å². The Morgan fingerprint density at radius 1 is 0.821 bits per heavy atom. The number of rotatable bonds is 11. The van der Waals surface area contributed by atoms with E-state index in [1.807, 2.05) is 0 Å². The van der Waals surface area contributed by atoms with Gasteiger partial charge in [-0.05, 0) is 61.6 Å². The molecule has 1 heterocycles. The molecular weight excluding hydrogens is 344 g/mol. The first-order valence-electron chi connectivity index (χ1n) is 11.7. The van der Waals surface area contributed by atoms with Crippen molar-refractivity contribution in [2.24, 2.45) is 5.92 Å². The fourth-order valence-corrected chi connectivity index (χ4v) is 4.62. The van der Waals surface area contributed by atoms with Gasteiger partial charge in [0.2, 0.25) is 11.8 Å². The molecule has 2 aromatic rings. The second-order valence-corrected chi connectivity index (χ2v) is 8.65. The molecule has 0 saturated heterocycles. The van der Waals surface area contributed by atoms with Crippen LogP contribution in [0, 0.1) is 5.92 Å². The largest absolute Gasteiger partial charge is 0.421 e. The highest BCUT2D eigenvalue weighted by Crippen LogP contribution is 2.37. The zero-order valence-corrected chi connectivity index (χ0v) is 18.0. The van der Waals surface area contributed by atoms with E-state index >= 15 is 0 Å². The molecule has 0 bridgehead atoms. The number of hydrogen-bond acceptors (Lipinski definition) is 3. The fourth-order valence-electron chi connectivity index (χ4n) is 4.62. The van der Waals surface area contributed by atoms with Gasteiger partial charge in [-0.15, -0.1) is 10.2 Å². The number of benzene rings is 1. The van der Waals surface area contributed by atoms with Crippen LogP contribution in [-0.4, -0.2) is 10.2 Å². The Kier molecular flexibility index (Phi) is 8.57. The lowest BCUT2D eigenvalue weighted by molar-refractivity contribution is 0.308. The highest BCUT2D eigenvalue weighted by Gasteiger charge is 2.22. The van der Waals surface area contributed by atoms with Crippen molar-refractivity contribution in [3.05, 3.63) is 35.7 Å². The zero-order chi connectivity index (χ0) is 19.6. The van der Waals surface area contributed by atoms with Gasteiger partial charge in [0.1, 0.15) is 0 Å². The number of hydrogen-bond donors (Lipinski definition) is 0. The first kappa shape index (κ1) is 21.1. The number of unbranched alkanes of at least 4 members (excludes halogenated alkanes) is 5. The molecule has 3 heteroatoms. The maximum Gasteiger partial charge on any atom is 0.247 e. The maximum atomic E-state index is 5.90. The van der Waals surface area contributed by atoms with Gasteiger partial charge in [0.25, 0.3) is 0 Å². The molecule has 0 N–H and O–H groups in total. The summed E-state index contributed by atoms with van der Waals surface area (Å²) in [6.45, 7) is 4.56. The molecule has 1 aromatic heterocycles. The van der Waals surface area contributed by atoms with Crippen LogP contribution < -0.4 is 0 Å². The third-order valence-corrected chi connectivity index (χ3v) is 6.38. The molecule has 3 nitrogen and oxygen atoms in total. The summed E-state index contributed by atoms with van der Waals surface area (Å²) in [4.78, 5) is 0. The molecule has 0 amide bonds. The lowest BCUT2D eigenvalue weighted by Crippen LogP contribution is -2.13. The van der Waals surface area contributed by atoms with Crippen LogP contribution in [0.4, 0.5) is 0 Å². The van der Waals surface area contributed by atoms with Gasteiger partial charge in [-0.1, -0.05) is 70.9 Å². The van der Waals surface area contributed by atoms with Crippen molar-refractivity contribution in [3.63, 3.8) is 0 Å². The summed E-state index contributed by atoms with van der Waals surface area (Å²) in [5.41, 5.74) is 2.52. The Hall–Kier alpha value is -1.64. The third-order valence-electron chi connectivity index (χ3n) is 6.38. The highest BCUT2D eigenvalue weighted by molar-refractivity contribution is 5.53. The van der Waals surface area contributed by atoms with E-state index in [2.05, 4.69) is 48.3 Å². The summed E-state index contributed by atoms with van der Waals surface area (Å²) in [6, 6.07) is 8.88. The van der Waals surface area contributed by atoms with Gasteiger partial charge in [-0.3, -0.25) is 0 Å². The Bertz CT molecular complexity index is 668. The van der Waals surface area contributed by atoms with E-state index in [-0.39, 0.29) is 0 Å². The molecular formula is C25H38N2O. The second-order valence-electron chi connectivity index (χ2n) is 8.65. The van der Waals surface area contributed by atoms with Crippen molar-refractivity contribution in [2.45, 2.75) is 103 Å². The van der Waals surface area contributed by atoms with Crippen molar-refractivity contribution in [1.82, 2.24) is 10.2 Å². The van der Waals surface area contributed by atoms with Crippen LogP contribution in [0.5, 0.6) is 0 Å². The van der Waals surface area contributed by atoms with E-state index in [9.17, 15) is 0 Å². The van der Waals surface area contributed by atoms with E-state index in [1.54, 1.807) is 0 Å². The van der Waals surface area contributed by atoms with Crippen molar-refractivity contribution < 1.29 is 4.42 Å². The molecule has 1 saturated carbocycles. The Labute approximate surface area is 171 Å². The summed E-state index contributed by atoms with van der Waals surface area (Å²) < 4.78 is 5.90. The average Bonchev–Trinajstić information content (AvgIpc) is 3.21. The van der Waals surface area contributed by atoms with Gasteiger partial charge in [0, 0.05) is 12.0 Å². The standard InChI is InChI=1S/C25H38N2O/c1-3-5-6-7-8-9-11-24-26-27-25(28-24)23-18-16-22(17-19-23)21-14-12-20(10-4-2)13-15-21/h16-21H,3-15H2,1-2H3. The van der Waals surface area contributed by atoms with Gasteiger partial charge < -0.3 is 4.42 Å². The number of aryl methyl sites for hydroxylation is 1.